The molecule has 134 valence electrons. The standard InChI is InChI=1S/C20H13F2N3O2/c1-12-4-2-3-5-14(12)19-16-7-9-18(24-25(16)11-23-20(19)26)27-17-8-6-13(21)10-15(17)22/h2-11H,1H3. The molecular formula is C20H13F2N3O2. The highest BCUT2D eigenvalue weighted by Crippen LogP contribution is 2.27. The number of benzene rings is 2. The number of ether oxygens (including phenoxy) is 1. The van der Waals surface area contributed by atoms with Crippen molar-refractivity contribution < 1.29 is 13.5 Å². The van der Waals surface area contributed by atoms with Gasteiger partial charge in [-0.25, -0.2) is 13.3 Å². The molecule has 0 saturated carbocycles. The third-order valence-electron chi connectivity index (χ3n) is 4.11. The van der Waals surface area contributed by atoms with Crippen LogP contribution in [-0.2, 0) is 0 Å². The fraction of sp³-hybridized carbons (Fsp3) is 0.0500. The van der Waals surface area contributed by atoms with Crippen molar-refractivity contribution in [2.75, 3.05) is 0 Å². The van der Waals surface area contributed by atoms with E-state index in [-0.39, 0.29) is 17.2 Å². The lowest BCUT2D eigenvalue weighted by atomic mass is 10.0. The molecule has 0 aliphatic heterocycles. The Morgan fingerprint density at radius 2 is 1.85 bits per heavy atom. The Balaban J connectivity index is 1.82. The van der Waals surface area contributed by atoms with E-state index < -0.39 is 11.6 Å². The first-order valence-electron chi connectivity index (χ1n) is 8.10. The number of halogens is 2. The Hall–Kier alpha value is -3.61. The van der Waals surface area contributed by atoms with Gasteiger partial charge in [0.25, 0.3) is 5.56 Å². The Morgan fingerprint density at radius 3 is 2.63 bits per heavy atom. The minimum atomic E-state index is -0.837. The van der Waals surface area contributed by atoms with Crippen LogP contribution in [0.2, 0.25) is 0 Å². The molecule has 0 aliphatic rings. The summed E-state index contributed by atoms with van der Waals surface area (Å²) in [4.78, 5) is 16.2. The number of hydrogen-bond donors (Lipinski definition) is 0. The summed E-state index contributed by atoms with van der Waals surface area (Å²) in [6.45, 7) is 1.90. The van der Waals surface area contributed by atoms with Gasteiger partial charge in [0.2, 0.25) is 5.88 Å². The maximum atomic E-state index is 13.8. The van der Waals surface area contributed by atoms with Crippen LogP contribution in [-0.4, -0.2) is 14.6 Å². The van der Waals surface area contributed by atoms with Gasteiger partial charge in [-0.05, 0) is 36.2 Å². The van der Waals surface area contributed by atoms with E-state index in [9.17, 15) is 13.6 Å². The highest BCUT2D eigenvalue weighted by molar-refractivity contribution is 5.80. The number of hydrogen-bond acceptors (Lipinski definition) is 4. The fourth-order valence-electron chi connectivity index (χ4n) is 2.82. The maximum absolute atomic E-state index is 13.8. The lowest BCUT2D eigenvalue weighted by Crippen LogP contribution is -2.14. The predicted molar refractivity (Wildman–Crippen MR) is 95.9 cm³/mol. The molecule has 2 aromatic carbocycles. The van der Waals surface area contributed by atoms with Gasteiger partial charge in [-0.2, -0.15) is 4.98 Å². The maximum Gasteiger partial charge on any atom is 0.281 e. The van der Waals surface area contributed by atoms with Gasteiger partial charge < -0.3 is 4.74 Å². The van der Waals surface area contributed by atoms with Gasteiger partial charge in [0.15, 0.2) is 11.6 Å². The topological polar surface area (TPSA) is 56.5 Å². The van der Waals surface area contributed by atoms with E-state index in [1.165, 1.54) is 23.0 Å². The van der Waals surface area contributed by atoms with Crippen molar-refractivity contribution in [1.82, 2.24) is 14.6 Å². The van der Waals surface area contributed by atoms with Crippen LogP contribution < -0.4 is 10.3 Å². The predicted octanol–water partition coefficient (Wildman–Crippen LogP) is 4.14. The molecule has 0 radical (unpaired) electrons. The van der Waals surface area contributed by atoms with Gasteiger partial charge in [0.05, 0.1) is 11.1 Å². The molecule has 4 aromatic rings. The molecule has 0 spiro atoms. The normalized spacial score (nSPS) is 10.9. The molecule has 0 unspecified atom stereocenters. The van der Waals surface area contributed by atoms with Gasteiger partial charge in [-0.1, -0.05) is 24.3 Å². The average Bonchev–Trinajstić information content (AvgIpc) is 2.65. The van der Waals surface area contributed by atoms with E-state index in [1.54, 1.807) is 6.07 Å². The Morgan fingerprint density at radius 1 is 1.04 bits per heavy atom. The molecule has 0 amide bonds. The van der Waals surface area contributed by atoms with Crippen molar-refractivity contribution in [3.05, 3.63) is 88.5 Å². The van der Waals surface area contributed by atoms with Crippen LogP contribution in [0.4, 0.5) is 8.78 Å². The molecular weight excluding hydrogens is 352 g/mol. The van der Waals surface area contributed by atoms with Gasteiger partial charge in [0, 0.05) is 12.1 Å². The molecule has 0 bridgehead atoms. The third kappa shape index (κ3) is 3.15. The molecule has 27 heavy (non-hydrogen) atoms. The summed E-state index contributed by atoms with van der Waals surface area (Å²) in [5.41, 5.74) is 2.27. The second-order valence-electron chi connectivity index (χ2n) is 5.92. The van der Waals surface area contributed by atoms with Crippen molar-refractivity contribution in [3.8, 4) is 22.8 Å². The zero-order valence-corrected chi connectivity index (χ0v) is 14.2. The monoisotopic (exact) mass is 365 g/mol. The summed E-state index contributed by atoms with van der Waals surface area (Å²) in [6.07, 6.45) is 1.27. The first-order chi connectivity index (χ1) is 13.0. The zero-order chi connectivity index (χ0) is 19.0. The van der Waals surface area contributed by atoms with E-state index in [4.69, 9.17) is 4.74 Å². The molecule has 5 nitrogen and oxygen atoms in total. The first-order valence-corrected chi connectivity index (χ1v) is 8.10. The lowest BCUT2D eigenvalue weighted by molar-refractivity contribution is 0.416. The van der Waals surface area contributed by atoms with Crippen LogP contribution in [0.1, 0.15) is 5.56 Å². The quantitative estimate of drug-likeness (QED) is 0.548. The van der Waals surface area contributed by atoms with Crippen LogP contribution >= 0.6 is 0 Å². The third-order valence-corrected chi connectivity index (χ3v) is 4.11. The molecule has 2 heterocycles. The minimum Gasteiger partial charge on any atom is -0.434 e. The molecule has 0 aliphatic carbocycles. The Kier molecular flexibility index (Phi) is 4.12. The highest BCUT2D eigenvalue weighted by atomic mass is 19.1. The zero-order valence-electron chi connectivity index (χ0n) is 14.2. The molecule has 0 saturated heterocycles. The largest absolute Gasteiger partial charge is 0.434 e. The fourth-order valence-corrected chi connectivity index (χ4v) is 2.82. The van der Waals surface area contributed by atoms with Crippen molar-refractivity contribution >= 4 is 5.52 Å². The van der Waals surface area contributed by atoms with Crippen LogP contribution in [0.5, 0.6) is 11.6 Å². The van der Waals surface area contributed by atoms with E-state index in [0.29, 0.717) is 11.1 Å². The molecule has 0 N–H and O–H groups in total. The first kappa shape index (κ1) is 16.8. The van der Waals surface area contributed by atoms with E-state index in [0.717, 1.165) is 23.3 Å². The summed E-state index contributed by atoms with van der Waals surface area (Å²) in [5, 5.41) is 4.22. The van der Waals surface area contributed by atoms with Crippen molar-refractivity contribution in [2.24, 2.45) is 0 Å². The van der Waals surface area contributed by atoms with Gasteiger partial charge in [0.1, 0.15) is 12.1 Å². The number of rotatable bonds is 3. The van der Waals surface area contributed by atoms with E-state index in [2.05, 4.69) is 10.1 Å². The number of aromatic nitrogens is 3. The Labute approximate surface area is 152 Å². The SMILES string of the molecule is Cc1ccccc1-c1c(=O)ncn2nc(Oc3ccc(F)cc3F)ccc12. The van der Waals surface area contributed by atoms with E-state index >= 15 is 0 Å². The van der Waals surface area contributed by atoms with Gasteiger partial charge in [-0.15, -0.1) is 5.10 Å². The van der Waals surface area contributed by atoms with E-state index in [1.807, 2.05) is 31.2 Å². The lowest BCUT2D eigenvalue weighted by Gasteiger charge is -2.10. The summed E-state index contributed by atoms with van der Waals surface area (Å²) in [6, 6.07) is 13.6. The number of fused-ring (bicyclic) bond motifs is 1. The second kappa shape index (κ2) is 6.60. The number of aryl methyl sites for hydroxylation is 1. The summed E-state index contributed by atoms with van der Waals surface area (Å²) >= 11 is 0. The van der Waals surface area contributed by atoms with Crippen LogP contribution in [0.3, 0.4) is 0 Å². The van der Waals surface area contributed by atoms with Gasteiger partial charge in [-0.3, -0.25) is 4.79 Å². The van der Waals surface area contributed by atoms with Gasteiger partial charge >= 0.3 is 0 Å². The molecule has 7 heteroatoms. The average molecular weight is 365 g/mol. The minimum absolute atomic E-state index is 0.0780. The Bertz CT molecular complexity index is 1220. The smallest absolute Gasteiger partial charge is 0.281 e. The van der Waals surface area contributed by atoms with Crippen molar-refractivity contribution in [3.63, 3.8) is 0 Å². The number of nitrogens with zero attached hydrogens (tertiary/aromatic N) is 3. The van der Waals surface area contributed by atoms with Crippen molar-refractivity contribution in [2.45, 2.75) is 6.92 Å². The summed E-state index contributed by atoms with van der Waals surface area (Å²) in [5.74, 6) is -1.61. The van der Waals surface area contributed by atoms with Crippen LogP contribution in [0.25, 0.3) is 16.6 Å². The van der Waals surface area contributed by atoms with Crippen molar-refractivity contribution in [1.29, 1.82) is 0 Å². The second-order valence-corrected chi connectivity index (χ2v) is 5.92. The molecule has 0 atom stereocenters. The van der Waals surface area contributed by atoms with Crippen LogP contribution in [0, 0.1) is 18.6 Å². The molecule has 2 aromatic heterocycles. The summed E-state index contributed by atoms with van der Waals surface area (Å²) in [7, 11) is 0. The molecule has 0 fully saturated rings. The highest BCUT2D eigenvalue weighted by Gasteiger charge is 2.14. The van der Waals surface area contributed by atoms with Crippen LogP contribution in [0.15, 0.2) is 65.7 Å². The summed E-state index contributed by atoms with van der Waals surface area (Å²) < 4.78 is 33.6. The molecule has 4 rings (SSSR count).